The second-order valence-corrected chi connectivity index (χ2v) is 6.72. The van der Waals surface area contributed by atoms with E-state index in [4.69, 9.17) is 9.47 Å². The first kappa shape index (κ1) is 15.6. The number of halogens is 1. The van der Waals surface area contributed by atoms with Crippen LogP contribution < -0.4 is 5.32 Å². The van der Waals surface area contributed by atoms with Crippen molar-refractivity contribution in [3.05, 3.63) is 35.8 Å². The van der Waals surface area contributed by atoms with Gasteiger partial charge in [0.05, 0.1) is 5.60 Å². The summed E-state index contributed by atoms with van der Waals surface area (Å²) >= 11 is 0. The number of carbonyl (C=O) groups excluding carboxylic acids is 1. The molecule has 3 heterocycles. The Labute approximate surface area is 139 Å². The molecule has 128 valence electrons. The van der Waals surface area contributed by atoms with E-state index in [0.717, 1.165) is 31.2 Å². The van der Waals surface area contributed by atoms with Gasteiger partial charge in [0.25, 0.3) is 5.91 Å². The Bertz CT molecular complexity index is 746. The molecule has 2 aliphatic rings. The van der Waals surface area contributed by atoms with Crippen LogP contribution in [0.3, 0.4) is 0 Å². The van der Waals surface area contributed by atoms with Crippen molar-refractivity contribution in [2.45, 2.75) is 37.3 Å². The molecular formula is C18H21FN2O3. The Hall–Kier alpha value is -1.92. The molecule has 2 N–H and O–H groups in total. The van der Waals surface area contributed by atoms with Crippen molar-refractivity contribution in [1.82, 2.24) is 10.3 Å². The molecule has 0 aliphatic carbocycles. The second-order valence-electron chi connectivity index (χ2n) is 6.72. The summed E-state index contributed by atoms with van der Waals surface area (Å²) in [4.78, 5) is 15.6. The van der Waals surface area contributed by atoms with Gasteiger partial charge >= 0.3 is 0 Å². The molecule has 1 aromatic heterocycles. The van der Waals surface area contributed by atoms with Gasteiger partial charge in [-0.25, -0.2) is 4.39 Å². The van der Waals surface area contributed by atoms with Crippen molar-refractivity contribution in [1.29, 1.82) is 0 Å². The van der Waals surface area contributed by atoms with Crippen molar-refractivity contribution < 1.29 is 18.7 Å². The second kappa shape index (κ2) is 6.18. The summed E-state index contributed by atoms with van der Waals surface area (Å²) in [6.07, 6.45) is 3.39. The van der Waals surface area contributed by atoms with Crippen LogP contribution in [0.15, 0.2) is 24.3 Å². The quantitative estimate of drug-likeness (QED) is 0.889. The molecule has 0 saturated carbocycles. The summed E-state index contributed by atoms with van der Waals surface area (Å²) < 4.78 is 24.7. The Kier molecular flexibility index (Phi) is 4.02. The fourth-order valence-electron chi connectivity index (χ4n) is 3.73. The monoisotopic (exact) mass is 332 g/mol. The molecule has 5 nitrogen and oxygen atoms in total. The molecule has 24 heavy (non-hydrogen) atoms. The average Bonchev–Trinajstić information content (AvgIpc) is 2.99. The molecule has 2 saturated heterocycles. The molecule has 0 radical (unpaired) electrons. The molecule has 0 unspecified atom stereocenters. The lowest BCUT2D eigenvalue weighted by atomic mass is 9.84. The Morgan fingerprint density at radius 1 is 1.25 bits per heavy atom. The molecule has 1 atom stereocenters. The van der Waals surface area contributed by atoms with Crippen LogP contribution in [-0.4, -0.2) is 42.4 Å². The van der Waals surface area contributed by atoms with Gasteiger partial charge in [-0.2, -0.15) is 0 Å². The molecule has 2 fully saturated rings. The van der Waals surface area contributed by atoms with E-state index < -0.39 is 0 Å². The minimum Gasteiger partial charge on any atom is -0.381 e. The highest BCUT2D eigenvalue weighted by Gasteiger charge is 2.39. The summed E-state index contributed by atoms with van der Waals surface area (Å²) in [5, 5.41) is 3.80. The Balaban J connectivity index is 1.46. The first-order valence-electron chi connectivity index (χ1n) is 8.44. The number of hydrogen-bond donors (Lipinski definition) is 2. The fourth-order valence-corrected chi connectivity index (χ4v) is 3.73. The number of nitrogens with one attached hydrogen (secondary N) is 2. The third-order valence-electron chi connectivity index (χ3n) is 5.06. The van der Waals surface area contributed by atoms with Gasteiger partial charge in [-0.3, -0.25) is 4.79 Å². The standard InChI is InChI=1S/C18H21FN2O3/c19-13-1-2-15-12(9-13)10-16(21-15)17(22)20-14-3-6-24-18(11-14)4-7-23-8-5-18/h1-2,9-10,14,21H,3-8,11H2,(H,20,22)/t14-/m0/s1. The zero-order valence-electron chi connectivity index (χ0n) is 13.4. The SMILES string of the molecule is O=C(N[C@H]1CCOC2(CCOCC2)C1)c1cc2cc(F)ccc2[nH]1. The predicted molar refractivity (Wildman–Crippen MR) is 87.5 cm³/mol. The number of aromatic nitrogens is 1. The zero-order valence-corrected chi connectivity index (χ0v) is 13.4. The van der Waals surface area contributed by atoms with Crippen molar-refractivity contribution in [3.63, 3.8) is 0 Å². The first-order valence-corrected chi connectivity index (χ1v) is 8.44. The van der Waals surface area contributed by atoms with Gasteiger partial charge in [-0.05, 0) is 49.9 Å². The molecule has 1 amide bonds. The molecule has 1 aromatic carbocycles. The predicted octanol–water partition coefficient (Wildman–Crippen LogP) is 2.77. The smallest absolute Gasteiger partial charge is 0.267 e. The van der Waals surface area contributed by atoms with E-state index in [9.17, 15) is 9.18 Å². The lowest BCUT2D eigenvalue weighted by molar-refractivity contribution is -0.139. The number of benzene rings is 1. The normalized spacial score (nSPS) is 23.5. The van der Waals surface area contributed by atoms with Crippen LogP contribution >= 0.6 is 0 Å². The molecule has 4 rings (SSSR count). The van der Waals surface area contributed by atoms with Gasteiger partial charge in [0.2, 0.25) is 0 Å². The number of ether oxygens (including phenoxy) is 2. The number of H-pyrrole nitrogens is 1. The van der Waals surface area contributed by atoms with E-state index in [-0.39, 0.29) is 23.4 Å². The lowest BCUT2D eigenvalue weighted by Gasteiger charge is -2.43. The molecule has 0 bridgehead atoms. The van der Waals surface area contributed by atoms with Crippen LogP contribution in [0.25, 0.3) is 10.9 Å². The maximum Gasteiger partial charge on any atom is 0.267 e. The van der Waals surface area contributed by atoms with Crippen molar-refractivity contribution in [2.24, 2.45) is 0 Å². The highest BCUT2D eigenvalue weighted by molar-refractivity contribution is 5.98. The van der Waals surface area contributed by atoms with Gasteiger partial charge in [-0.1, -0.05) is 0 Å². The van der Waals surface area contributed by atoms with Crippen LogP contribution in [0.1, 0.15) is 36.2 Å². The van der Waals surface area contributed by atoms with Crippen molar-refractivity contribution >= 4 is 16.8 Å². The van der Waals surface area contributed by atoms with Gasteiger partial charge in [-0.15, -0.1) is 0 Å². The van der Waals surface area contributed by atoms with Crippen LogP contribution in [0.4, 0.5) is 4.39 Å². The average molecular weight is 332 g/mol. The maximum atomic E-state index is 13.3. The summed E-state index contributed by atoms with van der Waals surface area (Å²) in [5.41, 5.74) is 1.07. The number of amides is 1. The fraction of sp³-hybridized carbons (Fsp3) is 0.500. The number of rotatable bonds is 2. The van der Waals surface area contributed by atoms with Crippen LogP contribution in [0.5, 0.6) is 0 Å². The number of fused-ring (bicyclic) bond motifs is 1. The number of carbonyl (C=O) groups is 1. The van der Waals surface area contributed by atoms with Crippen LogP contribution in [-0.2, 0) is 9.47 Å². The van der Waals surface area contributed by atoms with E-state index >= 15 is 0 Å². The minimum atomic E-state index is -0.306. The van der Waals surface area contributed by atoms with Gasteiger partial charge in [0.1, 0.15) is 11.5 Å². The summed E-state index contributed by atoms with van der Waals surface area (Å²) in [6, 6.07) is 6.24. The van der Waals surface area contributed by atoms with Crippen LogP contribution in [0, 0.1) is 5.82 Å². The largest absolute Gasteiger partial charge is 0.381 e. The third kappa shape index (κ3) is 3.03. The van der Waals surface area contributed by atoms with E-state index in [0.29, 0.717) is 30.9 Å². The van der Waals surface area contributed by atoms with E-state index in [1.807, 2.05) is 0 Å². The summed E-state index contributed by atoms with van der Waals surface area (Å²) in [6.45, 7) is 2.09. The van der Waals surface area contributed by atoms with Gasteiger partial charge in [0.15, 0.2) is 0 Å². The number of aromatic amines is 1. The Morgan fingerprint density at radius 3 is 2.92 bits per heavy atom. The molecule has 2 aliphatic heterocycles. The molecule has 2 aromatic rings. The Morgan fingerprint density at radius 2 is 2.08 bits per heavy atom. The zero-order chi connectivity index (χ0) is 16.6. The lowest BCUT2D eigenvalue weighted by Crippen LogP contribution is -2.51. The van der Waals surface area contributed by atoms with E-state index in [1.165, 1.54) is 12.1 Å². The topological polar surface area (TPSA) is 63.4 Å². The molecular weight excluding hydrogens is 311 g/mol. The van der Waals surface area contributed by atoms with Gasteiger partial charge in [0, 0.05) is 36.8 Å². The van der Waals surface area contributed by atoms with Crippen molar-refractivity contribution in [3.8, 4) is 0 Å². The van der Waals surface area contributed by atoms with Crippen LogP contribution in [0.2, 0.25) is 0 Å². The third-order valence-corrected chi connectivity index (χ3v) is 5.06. The maximum absolute atomic E-state index is 13.3. The van der Waals surface area contributed by atoms with E-state index in [2.05, 4.69) is 10.3 Å². The summed E-state index contributed by atoms with van der Waals surface area (Å²) in [7, 11) is 0. The summed E-state index contributed by atoms with van der Waals surface area (Å²) in [5.74, 6) is -0.458. The molecule has 6 heteroatoms. The number of hydrogen-bond acceptors (Lipinski definition) is 3. The highest BCUT2D eigenvalue weighted by Crippen LogP contribution is 2.34. The van der Waals surface area contributed by atoms with Gasteiger partial charge < -0.3 is 19.8 Å². The highest BCUT2D eigenvalue weighted by atomic mass is 19.1. The molecule has 1 spiro atoms. The van der Waals surface area contributed by atoms with E-state index in [1.54, 1.807) is 12.1 Å². The minimum absolute atomic E-state index is 0.0903. The van der Waals surface area contributed by atoms with Crippen molar-refractivity contribution in [2.75, 3.05) is 19.8 Å². The first-order chi connectivity index (χ1) is 11.6.